The van der Waals surface area contributed by atoms with E-state index >= 15 is 0 Å². The molecule has 2 aromatic rings. The minimum Gasteiger partial charge on any atom is -0.366 e. The van der Waals surface area contributed by atoms with Gasteiger partial charge in [-0.25, -0.2) is 9.97 Å². The molecule has 0 saturated carbocycles. The number of nitrogens with one attached hydrogen (secondary N) is 1. The van der Waals surface area contributed by atoms with Crippen LogP contribution in [0.3, 0.4) is 0 Å². The van der Waals surface area contributed by atoms with E-state index in [0.717, 1.165) is 16.8 Å². The van der Waals surface area contributed by atoms with E-state index in [-0.39, 0.29) is 0 Å². The van der Waals surface area contributed by atoms with E-state index in [4.69, 9.17) is 0 Å². The molecule has 15 heavy (non-hydrogen) atoms. The summed E-state index contributed by atoms with van der Waals surface area (Å²) in [6.45, 7) is 0.748. The van der Waals surface area contributed by atoms with E-state index < -0.39 is 0 Å². The molecular formula is C11H10BrN3. The maximum Gasteiger partial charge on any atom is 0.129 e. The maximum absolute atomic E-state index is 4.09. The molecule has 0 aliphatic heterocycles. The Kier molecular flexibility index (Phi) is 3.29. The van der Waals surface area contributed by atoms with Crippen molar-refractivity contribution >= 4 is 21.7 Å². The largest absolute Gasteiger partial charge is 0.366 e. The van der Waals surface area contributed by atoms with Crippen LogP contribution in [0.2, 0.25) is 0 Å². The zero-order chi connectivity index (χ0) is 10.5. The van der Waals surface area contributed by atoms with Crippen molar-refractivity contribution < 1.29 is 0 Å². The summed E-state index contributed by atoms with van der Waals surface area (Å²) < 4.78 is 1.10. The van der Waals surface area contributed by atoms with Gasteiger partial charge in [0.2, 0.25) is 0 Å². The lowest BCUT2D eigenvalue weighted by atomic mass is 10.2. The molecule has 0 bridgehead atoms. The van der Waals surface area contributed by atoms with Crippen molar-refractivity contribution in [3.8, 4) is 0 Å². The molecule has 0 saturated heterocycles. The normalized spacial score (nSPS) is 9.93. The van der Waals surface area contributed by atoms with Crippen LogP contribution in [0.15, 0.2) is 47.3 Å². The summed E-state index contributed by atoms with van der Waals surface area (Å²) in [5.41, 5.74) is 1.20. The summed E-state index contributed by atoms with van der Waals surface area (Å²) in [7, 11) is 0. The van der Waals surface area contributed by atoms with Crippen molar-refractivity contribution in [2.45, 2.75) is 6.54 Å². The summed E-state index contributed by atoms with van der Waals surface area (Å²) in [4.78, 5) is 7.94. The van der Waals surface area contributed by atoms with Crippen molar-refractivity contribution in [2.24, 2.45) is 0 Å². The highest BCUT2D eigenvalue weighted by Crippen LogP contribution is 2.16. The van der Waals surface area contributed by atoms with Gasteiger partial charge in [0.1, 0.15) is 12.1 Å². The van der Waals surface area contributed by atoms with Gasteiger partial charge in [0, 0.05) is 17.2 Å². The fourth-order valence-corrected chi connectivity index (χ4v) is 1.65. The minimum absolute atomic E-state index is 0.748. The van der Waals surface area contributed by atoms with Crippen LogP contribution in [0.4, 0.5) is 5.82 Å². The van der Waals surface area contributed by atoms with Crippen molar-refractivity contribution in [1.82, 2.24) is 9.97 Å². The molecule has 0 aliphatic rings. The second-order valence-electron chi connectivity index (χ2n) is 3.04. The van der Waals surface area contributed by atoms with Gasteiger partial charge in [-0.1, -0.05) is 34.1 Å². The van der Waals surface area contributed by atoms with Gasteiger partial charge in [-0.2, -0.15) is 0 Å². The number of rotatable bonds is 3. The van der Waals surface area contributed by atoms with Gasteiger partial charge in [-0.3, -0.25) is 0 Å². The van der Waals surface area contributed by atoms with Gasteiger partial charge in [0.15, 0.2) is 0 Å². The second kappa shape index (κ2) is 4.89. The van der Waals surface area contributed by atoms with Crippen LogP contribution in [0.5, 0.6) is 0 Å². The molecule has 4 heteroatoms. The van der Waals surface area contributed by atoms with Gasteiger partial charge < -0.3 is 5.32 Å². The van der Waals surface area contributed by atoms with Gasteiger partial charge in [0.05, 0.1) is 0 Å². The van der Waals surface area contributed by atoms with Crippen molar-refractivity contribution in [1.29, 1.82) is 0 Å². The van der Waals surface area contributed by atoms with Crippen LogP contribution < -0.4 is 5.32 Å². The first-order valence-corrected chi connectivity index (χ1v) is 5.39. The molecule has 1 aromatic carbocycles. The topological polar surface area (TPSA) is 37.8 Å². The van der Waals surface area contributed by atoms with Gasteiger partial charge in [0.25, 0.3) is 0 Å². The van der Waals surface area contributed by atoms with E-state index in [0.29, 0.717) is 0 Å². The van der Waals surface area contributed by atoms with Crippen LogP contribution in [0.25, 0.3) is 0 Å². The molecule has 0 radical (unpaired) electrons. The SMILES string of the molecule is Brc1ccccc1CNc1ccncn1. The maximum atomic E-state index is 4.09. The molecule has 1 heterocycles. The quantitative estimate of drug-likeness (QED) is 0.926. The Labute approximate surface area is 96.7 Å². The Balaban J connectivity index is 2.03. The van der Waals surface area contributed by atoms with Gasteiger partial charge >= 0.3 is 0 Å². The molecule has 0 amide bonds. The summed E-state index contributed by atoms with van der Waals surface area (Å²) in [6, 6.07) is 9.95. The average Bonchev–Trinajstić information content (AvgIpc) is 2.29. The lowest BCUT2D eigenvalue weighted by Gasteiger charge is -2.06. The highest BCUT2D eigenvalue weighted by Gasteiger charge is 1.98. The molecule has 1 aromatic heterocycles. The first-order valence-electron chi connectivity index (χ1n) is 4.59. The zero-order valence-corrected chi connectivity index (χ0v) is 9.61. The lowest BCUT2D eigenvalue weighted by Crippen LogP contribution is -2.01. The molecule has 0 fully saturated rings. The molecule has 2 rings (SSSR count). The molecule has 0 atom stereocenters. The molecule has 76 valence electrons. The Morgan fingerprint density at radius 1 is 1.20 bits per heavy atom. The minimum atomic E-state index is 0.748. The van der Waals surface area contributed by atoms with Crippen molar-refractivity contribution in [3.63, 3.8) is 0 Å². The molecule has 0 aliphatic carbocycles. The smallest absolute Gasteiger partial charge is 0.129 e. The molecule has 0 unspecified atom stereocenters. The highest BCUT2D eigenvalue weighted by atomic mass is 79.9. The number of halogens is 1. The van der Waals surface area contributed by atoms with E-state index in [9.17, 15) is 0 Å². The third-order valence-corrected chi connectivity index (χ3v) is 2.77. The fourth-order valence-electron chi connectivity index (χ4n) is 1.22. The van der Waals surface area contributed by atoms with Gasteiger partial charge in [-0.05, 0) is 17.7 Å². The van der Waals surface area contributed by atoms with Crippen molar-refractivity contribution in [2.75, 3.05) is 5.32 Å². The predicted molar refractivity (Wildman–Crippen MR) is 63.5 cm³/mol. The number of nitrogens with zero attached hydrogens (tertiary/aromatic N) is 2. The number of aromatic nitrogens is 2. The van der Waals surface area contributed by atoms with Crippen LogP contribution >= 0.6 is 15.9 Å². The average molecular weight is 264 g/mol. The number of anilines is 1. The molecule has 1 N–H and O–H groups in total. The number of hydrogen-bond acceptors (Lipinski definition) is 3. The van der Waals surface area contributed by atoms with Crippen LogP contribution in [-0.2, 0) is 6.54 Å². The summed E-state index contributed by atoms with van der Waals surface area (Å²) >= 11 is 3.50. The summed E-state index contributed by atoms with van der Waals surface area (Å²) in [5, 5.41) is 3.22. The van der Waals surface area contributed by atoms with E-state index in [1.807, 2.05) is 24.3 Å². The molecule has 3 nitrogen and oxygen atoms in total. The van der Waals surface area contributed by atoms with Crippen LogP contribution in [0.1, 0.15) is 5.56 Å². The van der Waals surface area contributed by atoms with E-state index in [2.05, 4.69) is 37.3 Å². The molecule has 0 spiro atoms. The Hall–Kier alpha value is -1.42. The molecular weight excluding hydrogens is 254 g/mol. The van der Waals surface area contributed by atoms with Crippen LogP contribution in [0, 0.1) is 0 Å². The summed E-state index contributed by atoms with van der Waals surface area (Å²) in [5.74, 6) is 0.834. The number of benzene rings is 1. The third kappa shape index (κ3) is 2.76. The Morgan fingerprint density at radius 3 is 2.80 bits per heavy atom. The third-order valence-electron chi connectivity index (χ3n) is 2.00. The Morgan fingerprint density at radius 2 is 2.07 bits per heavy atom. The first-order chi connectivity index (χ1) is 7.36. The second-order valence-corrected chi connectivity index (χ2v) is 3.89. The van der Waals surface area contributed by atoms with E-state index in [1.54, 1.807) is 6.20 Å². The van der Waals surface area contributed by atoms with E-state index in [1.165, 1.54) is 11.9 Å². The Bertz CT molecular complexity index is 431. The summed E-state index contributed by atoms with van der Waals surface area (Å²) in [6.07, 6.45) is 3.25. The fraction of sp³-hybridized carbons (Fsp3) is 0.0909. The highest BCUT2D eigenvalue weighted by molar-refractivity contribution is 9.10. The zero-order valence-electron chi connectivity index (χ0n) is 8.02. The number of hydrogen-bond donors (Lipinski definition) is 1. The van der Waals surface area contributed by atoms with Crippen LogP contribution in [-0.4, -0.2) is 9.97 Å². The monoisotopic (exact) mass is 263 g/mol. The first kappa shape index (κ1) is 10.1. The standard InChI is InChI=1S/C11H10BrN3/c12-10-4-2-1-3-9(10)7-14-11-5-6-13-8-15-11/h1-6,8H,7H2,(H,13,14,15). The van der Waals surface area contributed by atoms with Crippen molar-refractivity contribution in [3.05, 3.63) is 52.9 Å². The lowest BCUT2D eigenvalue weighted by molar-refractivity contribution is 1.07. The predicted octanol–water partition coefficient (Wildman–Crippen LogP) is 2.85. The van der Waals surface area contributed by atoms with Gasteiger partial charge in [-0.15, -0.1) is 0 Å².